The average Bonchev–Trinajstić information content (AvgIpc) is 2.45. The van der Waals surface area contributed by atoms with E-state index in [1.807, 2.05) is 13.8 Å². The van der Waals surface area contributed by atoms with Crippen molar-refractivity contribution < 1.29 is 23.1 Å². The van der Waals surface area contributed by atoms with Crippen molar-refractivity contribution in [1.82, 2.24) is 5.32 Å². The number of carbonyl (C=O) groups is 1. The number of nitrogens with one attached hydrogen (secondary N) is 1. The molecule has 2 N–H and O–H groups in total. The number of benzene rings is 1. The van der Waals surface area contributed by atoms with Crippen LogP contribution in [0.25, 0.3) is 0 Å². The Kier molecular flexibility index (Phi) is 6.62. The molecule has 3 nitrogen and oxygen atoms in total. The molecule has 0 radical (unpaired) electrons. The zero-order valence-electron chi connectivity index (χ0n) is 13.7. The zero-order valence-corrected chi connectivity index (χ0v) is 13.7. The van der Waals surface area contributed by atoms with Crippen molar-refractivity contribution in [3.63, 3.8) is 0 Å². The first-order chi connectivity index (χ1) is 10.6. The molecule has 0 aliphatic carbocycles. The lowest BCUT2D eigenvalue weighted by molar-refractivity contribution is -0.137. The number of carbonyl (C=O) groups excluding carboxylic acids is 1. The highest BCUT2D eigenvalue weighted by molar-refractivity contribution is 5.83. The number of aliphatic hydroxyl groups is 1. The largest absolute Gasteiger partial charge is 0.416 e. The number of hydrogen-bond donors (Lipinski definition) is 2. The third-order valence-corrected chi connectivity index (χ3v) is 3.87. The number of hydrogen-bond acceptors (Lipinski definition) is 2. The molecule has 0 saturated heterocycles. The number of halogens is 3. The van der Waals surface area contributed by atoms with Gasteiger partial charge in [-0.25, -0.2) is 0 Å². The Labute approximate surface area is 134 Å². The standard InChI is InChI=1S/C17H24F3NO2/c1-4-14(15(23)21-11-16(2,3)8-9-22)12-6-5-7-13(10-12)17(18,19)20/h5-7,10,14,22H,4,8-9,11H2,1-3H3,(H,21,23). The van der Waals surface area contributed by atoms with Crippen LogP contribution in [0.3, 0.4) is 0 Å². The Morgan fingerprint density at radius 1 is 1.30 bits per heavy atom. The molecule has 0 heterocycles. The maximum Gasteiger partial charge on any atom is 0.416 e. The fraction of sp³-hybridized carbons (Fsp3) is 0.588. The minimum Gasteiger partial charge on any atom is -0.396 e. The molecule has 1 rings (SSSR count). The van der Waals surface area contributed by atoms with Crippen LogP contribution in [0.1, 0.15) is 50.7 Å². The molecule has 23 heavy (non-hydrogen) atoms. The van der Waals surface area contributed by atoms with Crippen LogP contribution in [0, 0.1) is 5.41 Å². The molecular formula is C17H24F3NO2. The highest BCUT2D eigenvalue weighted by atomic mass is 19.4. The molecule has 1 unspecified atom stereocenters. The Morgan fingerprint density at radius 2 is 1.96 bits per heavy atom. The van der Waals surface area contributed by atoms with E-state index >= 15 is 0 Å². The summed E-state index contributed by atoms with van der Waals surface area (Å²) >= 11 is 0. The van der Waals surface area contributed by atoms with Gasteiger partial charge in [-0.15, -0.1) is 0 Å². The van der Waals surface area contributed by atoms with Crippen LogP contribution >= 0.6 is 0 Å². The van der Waals surface area contributed by atoms with Crippen molar-refractivity contribution in [3.05, 3.63) is 35.4 Å². The van der Waals surface area contributed by atoms with Gasteiger partial charge in [0.2, 0.25) is 5.91 Å². The molecular weight excluding hydrogens is 307 g/mol. The molecule has 1 aromatic rings. The van der Waals surface area contributed by atoms with Crippen molar-refractivity contribution in [2.75, 3.05) is 13.2 Å². The molecule has 0 spiro atoms. The van der Waals surface area contributed by atoms with Crippen LogP contribution < -0.4 is 5.32 Å². The first kappa shape index (κ1) is 19.5. The van der Waals surface area contributed by atoms with Gasteiger partial charge in [-0.3, -0.25) is 4.79 Å². The lowest BCUT2D eigenvalue weighted by Crippen LogP contribution is -2.37. The summed E-state index contributed by atoms with van der Waals surface area (Å²) in [6.07, 6.45) is -3.48. The van der Waals surface area contributed by atoms with Crippen LogP contribution in [0.2, 0.25) is 0 Å². The Morgan fingerprint density at radius 3 is 2.48 bits per heavy atom. The van der Waals surface area contributed by atoms with E-state index in [4.69, 9.17) is 5.11 Å². The van der Waals surface area contributed by atoms with E-state index in [2.05, 4.69) is 5.32 Å². The summed E-state index contributed by atoms with van der Waals surface area (Å²) in [5.41, 5.74) is -0.655. The quantitative estimate of drug-likeness (QED) is 0.800. The smallest absolute Gasteiger partial charge is 0.396 e. The monoisotopic (exact) mass is 331 g/mol. The Balaban J connectivity index is 2.86. The van der Waals surface area contributed by atoms with Gasteiger partial charge in [0.15, 0.2) is 0 Å². The normalized spacial score (nSPS) is 13.7. The van der Waals surface area contributed by atoms with E-state index in [1.54, 1.807) is 13.0 Å². The van der Waals surface area contributed by atoms with E-state index in [9.17, 15) is 18.0 Å². The number of amides is 1. The second kappa shape index (κ2) is 7.81. The van der Waals surface area contributed by atoms with Gasteiger partial charge in [0.1, 0.15) is 0 Å². The van der Waals surface area contributed by atoms with Gasteiger partial charge in [-0.2, -0.15) is 13.2 Å². The molecule has 130 valence electrons. The second-order valence-corrected chi connectivity index (χ2v) is 6.44. The molecule has 0 bridgehead atoms. The van der Waals surface area contributed by atoms with E-state index in [0.29, 0.717) is 24.9 Å². The lowest BCUT2D eigenvalue weighted by Gasteiger charge is -2.25. The van der Waals surface area contributed by atoms with E-state index in [-0.39, 0.29) is 17.9 Å². The lowest BCUT2D eigenvalue weighted by atomic mass is 9.88. The molecule has 0 aliphatic rings. The molecule has 1 atom stereocenters. The molecule has 1 amide bonds. The van der Waals surface area contributed by atoms with E-state index in [0.717, 1.165) is 12.1 Å². The topological polar surface area (TPSA) is 49.3 Å². The summed E-state index contributed by atoms with van der Waals surface area (Å²) in [5, 5.41) is 11.8. The predicted molar refractivity (Wildman–Crippen MR) is 83.0 cm³/mol. The number of alkyl halides is 3. The Bertz CT molecular complexity index is 527. The Hall–Kier alpha value is -1.56. The highest BCUT2D eigenvalue weighted by Crippen LogP contribution is 2.32. The van der Waals surface area contributed by atoms with E-state index < -0.39 is 17.7 Å². The van der Waals surface area contributed by atoms with Crippen LogP contribution in [0.15, 0.2) is 24.3 Å². The predicted octanol–water partition coefficient (Wildman–Crippen LogP) is 3.72. The summed E-state index contributed by atoms with van der Waals surface area (Å²) < 4.78 is 38.4. The van der Waals surface area contributed by atoms with Gasteiger partial charge in [-0.1, -0.05) is 39.0 Å². The van der Waals surface area contributed by atoms with Crippen LogP contribution in [-0.4, -0.2) is 24.2 Å². The van der Waals surface area contributed by atoms with Crippen LogP contribution in [-0.2, 0) is 11.0 Å². The van der Waals surface area contributed by atoms with Gasteiger partial charge in [0, 0.05) is 13.2 Å². The molecule has 0 aliphatic heterocycles. The molecule has 0 fully saturated rings. The van der Waals surface area contributed by atoms with Crippen LogP contribution in [0.4, 0.5) is 13.2 Å². The second-order valence-electron chi connectivity index (χ2n) is 6.44. The van der Waals surface area contributed by atoms with E-state index in [1.165, 1.54) is 6.07 Å². The summed E-state index contributed by atoms with van der Waals surface area (Å²) in [6.45, 7) is 5.97. The minimum absolute atomic E-state index is 0.0215. The SMILES string of the molecule is CCC(C(=O)NCC(C)(C)CCO)c1cccc(C(F)(F)F)c1. The van der Waals surface area contributed by atoms with Gasteiger partial charge in [0.25, 0.3) is 0 Å². The maximum absolute atomic E-state index is 12.8. The van der Waals surface area contributed by atoms with Gasteiger partial charge < -0.3 is 10.4 Å². The van der Waals surface area contributed by atoms with Crippen molar-refractivity contribution in [2.24, 2.45) is 5.41 Å². The van der Waals surface area contributed by atoms with Crippen molar-refractivity contribution in [3.8, 4) is 0 Å². The molecule has 0 aromatic heterocycles. The zero-order chi connectivity index (χ0) is 17.7. The fourth-order valence-corrected chi connectivity index (χ4v) is 2.34. The molecule has 6 heteroatoms. The number of rotatable bonds is 7. The van der Waals surface area contributed by atoms with Crippen molar-refractivity contribution in [2.45, 2.75) is 45.7 Å². The highest BCUT2D eigenvalue weighted by Gasteiger charge is 2.31. The summed E-state index contributed by atoms with van der Waals surface area (Å²) in [5.74, 6) is -0.917. The van der Waals surface area contributed by atoms with Crippen LogP contribution in [0.5, 0.6) is 0 Å². The van der Waals surface area contributed by atoms with Crippen molar-refractivity contribution in [1.29, 1.82) is 0 Å². The number of aliphatic hydroxyl groups excluding tert-OH is 1. The average molecular weight is 331 g/mol. The third-order valence-electron chi connectivity index (χ3n) is 3.87. The van der Waals surface area contributed by atoms with Gasteiger partial charge in [-0.05, 0) is 29.9 Å². The molecule has 0 saturated carbocycles. The fourth-order valence-electron chi connectivity index (χ4n) is 2.34. The maximum atomic E-state index is 12.8. The summed E-state index contributed by atoms with van der Waals surface area (Å²) in [7, 11) is 0. The third kappa shape index (κ3) is 5.86. The van der Waals surface area contributed by atoms with Crippen molar-refractivity contribution >= 4 is 5.91 Å². The summed E-state index contributed by atoms with van der Waals surface area (Å²) in [4.78, 5) is 12.3. The first-order valence-electron chi connectivity index (χ1n) is 7.66. The molecule has 1 aromatic carbocycles. The van der Waals surface area contributed by atoms with Gasteiger partial charge >= 0.3 is 6.18 Å². The minimum atomic E-state index is -4.42. The first-order valence-corrected chi connectivity index (χ1v) is 7.66. The van der Waals surface area contributed by atoms with Gasteiger partial charge in [0.05, 0.1) is 11.5 Å². The summed E-state index contributed by atoms with van der Waals surface area (Å²) in [6, 6.07) is 4.90.